The van der Waals surface area contributed by atoms with Gasteiger partial charge in [-0.25, -0.2) is 9.18 Å². The number of aromatic amines is 1. The summed E-state index contributed by atoms with van der Waals surface area (Å²) in [7, 11) is 0. The monoisotopic (exact) mass is 285 g/mol. The lowest BCUT2D eigenvalue weighted by molar-refractivity contribution is 0.0699. The minimum atomic E-state index is -0.985. The van der Waals surface area contributed by atoms with Crippen LogP contribution in [0.15, 0.2) is 48.5 Å². The van der Waals surface area contributed by atoms with Gasteiger partial charge in [0.1, 0.15) is 6.61 Å². The fourth-order valence-corrected chi connectivity index (χ4v) is 2.19. The van der Waals surface area contributed by atoms with Gasteiger partial charge in [-0.3, -0.25) is 0 Å². The molecule has 3 aromatic rings. The van der Waals surface area contributed by atoms with Crippen molar-refractivity contribution in [3.05, 3.63) is 65.6 Å². The molecule has 0 fully saturated rings. The largest absolute Gasteiger partial charge is 0.484 e. The van der Waals surface area contributed by atoms with Crippen molar-refractivity contribution in [2.24, 2.45) is 0 Å². The van der Waals surface area contributed by atoms with Gasteiger partial charge in [0.15, 0.2) is 11.6 Å². The molecular formula is C16H12FNO3. The number of carboxylic acid groups (broad SMARTS) is 1. The lowest BCUT2D eigenvalue weighted by Crippen LogP contribution is -1.97. The van der Waals surface area contributed by atoms with E-state index in [-0.39, 0.29) is 17.9 Å². The van der Waals surface area contributed by atoms with E-state index in [4.69, 9.17) is 9.84 Å². The molecule has 0 spiro atoms. The highest BCUT2D eigenvalue weighted by atomic mass is 19.1. The number of H-pyrrole nitrogens is 1. The highest BCUT2D eigenvalue weighted by molar-refractivity contribution is 6.03. The molecule has 0 aliphatic carbocycles. The van der Waals surface area contributed by atoms with E-state index in [9.17, 15) is 9.18 Å². The van der Waals surface area contributed by atoms with Gasteiger partial charge in [-0.2, -0.15) is 0 Å². The van der Waals surface area contributed by atoms with E-state index < -0.39 is 11.8 Å². The Morgan fingerprint density at radius 1 is 1.19 bits per heavy atom. The average molecular weight is 285 g/mol. The minimum Gasteiger partial charge on any atom is -0.484 e. The number of fused-ring (bicyclic) bond motifs is 1. The molecule has 4 nitrogen and oxygen atoms in total. The number of para-hydroxylation sites is 1. The van der Waals surface area contributed by atoms with Gasteiger partial charge in [0.05, 0.1) is 11.3 Å². The van der Waals surface area contributed by atoms with Crippen molar-refractivity contribution in [3.63, 3.8) is 0 Å². The van der Waals surface area contributed by atoms with Crippen LogP contribution in [0, 0.1) is 5.82 Å². The molecule has 0 atom stereocenters. The smallest absolute Gasteiger partial charge is 0.336 e. The number of hydrogen-bond donors (Lipinski definition) is 2. The van der Waals surface area contributed by atoms with Gasteiger partial charge < -0.3 is 14.8 Å². The molecule has 0 aliphatic heterocycles. The zero-order valence-electron chi connectivity index (χ0n) is 11.0. The van der Waals surface area contributed by atoms with Crippen LogP contribution in [-0.4, -0.2) is 16.1 Å². The molecule has 0 amide bonds. The number of ether oxygens (including phenoxy) is 1. The normalized spacial score (nSPS) is 10.7. The number of halogens is 1. The molecule has 0 saturated heterocycles. The van der Waals surface area contributed by atoms with Crippen molar-refractivity contribution in [2.45, 2.75) is 6.61 Å². The molecule has 0 bridgehead atoms. The quantitative estimate of drug-likeness (QED) is 0.770. The minimum absolute atomic E-state index is 0.134. The van der Waals surface area contributed by atoms with E-state index >= 15 is 0 Å². The number of aromatic carboxylic acids is 1. The highest BCUT2D eigenvalue weighted by Crippen LogP contribution is 2.22. The van der Waals surface area contributed by atoms with Crippen LogP contribution in [0.1, 0.15) is 16.1 Å². The summed E-state index contributed by atoms with van der Waals surface area (Å²) in [4.78, 5) is 14.2. The molecule has 21 heavy (non-hydrogen) atoms. The summed E-state index contributed by atoms with van der Waals surface area (Å²) in [5.41, 5.74) is 1.62. The molecule has 106 valence electrons. The molecule has 5 heteroatoms. The molecule has 0 saturated carbocycles. The van der Waals surface area contributed by atoms with E-state index in [2.05, 4.69) is 4.98 Å². The van der Waals surface area contributed by atoms with Crippen LogP contribution in [-0.2, 0) is 6.61 Å². The molecule has 2 aromatic carbocycles. The number of rotatable bonds is 4. The molecular weight excluding hydrogens is 273 g/mol. The summed E-state index contributed by atoms with van der Waals surface area (Å²) in [6, 6.07) is 12.8. The Balaban J connectivity index is 1.87. The summed E-state index contributed by atoms with van der Waals surface area (Å²) < 4.78 is 18.9. The van der Waals surface area contributed by atoms with Crippen LogP contribution >= 0.6 is 0 Å². The second-order valence-electron chi connectivity index (χ2n) is 4.59. The first-order valence-corrected chi connectivity index (χ1v) is 6.36. The van der Waals surface area contributed by atoms with Gasteiger partial charge >= 0.3 is 5.97 Å². The van der Waals surface area contributed by atoms with Gasteiger partial charge in [-0.05, 0) is 30.3 Å². The van der Waals surface area contributed by atoms with E-state index in [0.29, 0.717) is 16.6 Å². The first-order chi connectivity index (χ1) is 10.1. The first-order valence-electron chi connectivity index (χ1n) is 6.36. The summed E-state index contributed by atoms with van der Waals surface area (Å²) in [5.74, 6) is -1.25. The predicted molar refractivity (Wildman–Crippen MR) is 76.0 cm³/mol. The van der Waals surface area contributed by atoms with Crippen LogP contribution in [0.5, 0.6) is 5.75 Å². The molecule has 1 aromatic heterocycles. The van der Waals surface area contributed by atoms with Crippen LogP contribution in [0.2, 0.25) is 0 Å². The van der Waals surface area contributed by atoms with E-state index in [1.807, 2.05) is 0 Å². The molecule has 1 heterocycles. The van der Waals surface area contributed by atoms with Crippen molar-refractivity contribution < 1.29 is 19.0 Å². The Morgan fingerprint density at radius 2 is 2.00 bits per heavy atom. The van der Waals surface area contributed by atoms with Gasteiger partial charge in [-0.15, -0.1) is 0 Å². The maximum Gasteiger partial charge on any atom is 0.336 e. The molecule has 3 rings (SSSR count). The van der Waals surface area contributed by atoms with Crippen LogP contribution in [0.3, 0.4) is 0 Å². The Kier molecular flexibility index (Phi) is 3.31. The second kappa shape index (κ2) is 5.28. The highest BCUT2D eigenvalue weighted by Gasteiger charge is 2.11. The summed E-state index contributed by atoms with van der Waals surface area (Å²) >= 11 is 0. The fraction of sp³-hybridized carbons (Fsp3) is 0.0625. The summed E-state index contributed by atoms with van der Waals surface area (Å²) in [6.45, 7) is 0.134. The zero-order chi connectivity index (χ0) is 14.8. The SMILES string of the molecule is O=C(O)c1cccc2[nH]c(COc3ccccc3F)cc12. The lowest BCUT2D eigenvalue weighted by Gasteiger charge is -2.05. The van der Waals surface area contributed by atoms with Gasteiger partial charge in [0, 0.05) is 10.9 Å². The zero-order valence-corrected chi connectivity index (χ0v) is 11.0. The number of hydrogen-bond acceptors (Lipinski definition) is 2. The van der Waals surface area contributed by atoms with Crippen molar-refractivity contribution in [3.8, 4) is 5.75 Å². The molecule has 0 radical (unpaired) electrons. The number of nitrogens with one attached hydrogen (secondary N) is 1. The van der Waals surface area contributed by atoms with Crippen LogP contribution in [0.4, 0.5) is 4.39 Å². The van der Waals surface area contributed by atoms with Gasteiger partial charge in [0.25, 0.3) is 0 Å². The van der Waals surface area contributed by atoms with Crippen molar-refractivity contribution in [1.82, 2.24) is 4.98 Å². The van der Waals surface area contributed by atoms with Gasteiger partial charge in [-0.1, -0.05) is 18.2 Å². The fourth-order valence-electron chi connectivity index (χ4n) is 2.19. The number of carboxylic acids is 1. The summed E-state index contributed by atoms with van der Waals surface area (Å²) in [5, 5.41) is 9.75. The van der Waals surface area contributed by atoms with E-state index in [1.54, 1.807) is 42.5 Å². The van der Waals surface area contributed by atoms with Crippen LogP contribution in [0.25, 0.3) is 10.9 Å². The third kappa shape index (κ3) is 2.58. The summed E-state index contributed by atoms with van der Waals surface area (Å²) in [6.07, 6.45) is 0. The maximum atomic E-state index is 13.5. The van der Waals surface area contributed by atoms with Crippen molar-refractivity contribution in [2.75, 3.05) is 0 Å². The molecule has 0 unspecified atom stereocenters. The molecule has 2 N–H and O–H groups in total. The molecule has 0 aliphatic rings. The third-order valence-corrected chi connectivity index (χ3v) is 3.17. The lowest BCUT2D eigenvalue weighted by atomic mass is 10.1. The number of benzene rings is 2. The Bertz CT molecular complexity index is 810. The number of carbonyl (C=O) groups is 1. The predicted octanol–water partition coefficient (Wildman–Crippen LogP) is 3.58. The van der Waals surface area contributed by atoms with Gasteiger partial charge in [0.2, 0.25) is 0 Å². The average Bonchev–Trinajstić information content (AvgIpc) is 2.88. The van der Waals surface area contributed by atoms with E-state index in [0.717, 1.165) is 0 Å². The second-order valence-corrected chi connectivity index (χ2v) is 4.59. The Morgan fingerprint density at radius 3 is 2.76 bits per heavy atom. The van der Waals surface area contributed by atoms with Crippen molar-refractivity contribution in [1.29, 1.82) is 0 Å². The topological polar surface area (TPSA) is 62.3 Å². The Hall–Kier alpha value is -2.82. The first kappa shape index (κ1) is 13.2. The number of aromatic nitrogens is 1. The van der Waals surface area contributed by atoms with E-state index in [1.165, 1.54) is 6.07 Å². The van der Waals surface area contributed by atoms with Crippen molar-refractivity contribution >= 4 is 16.9 Å². The van der Waals surface area contributed by atoms with Crippen LogP contribution < -0.4 is 4.74 Å². The Labute approximate surface area is 119 Å². The standard InChI is InChI=1S/C16H12FNO3/c17-13-5-1-2-7-15(13)21-9-10-8-12-11(16(19)20)4-3-6-14(12)18-10/h1-8,18H,9H2,(H,19,20). The third-order valence-electron chi connectivity index (χ3n) is 3.17. The maximum absolute atomic E-state index is 13.5.